The molecule has 0 radical (unpaired) electrons. The molecule has 0 atom stereocenters. The second-order valence-electron chi connectivity index (χ2n) is 3.34. The minimum Gasteiger partial charge on any atom is -0.385 e. The molecule has 0 bridgehead atoms. The Bertz CT molecular complexity index is 497. The Hall–Kier alpha value is -2.53. The van der Waals surface area contributed by atoms with Crippen molar-refractivity contribution in [3.05, 3.63) is 33.9 Å². The number of rotatable bonds is 5. The van der Waals surface area contributed by atoms with E-state index in [9.17, 15) is 10.1 Å². The number of nitrogens with one attached hydrogen (secondary N) is 1. The van der Waals surface area contributed by atoms with Crippen molar-refractivity contribution in [2.75, 3.05) is 11.9 Å². The maximum Gasteiger partial charge on any atom is 0.289 e. The highest BCUT2D eigenvalue weighted by Gasteiger charge is 2.13. The molecule has 0 spiro atoms. The summed E-state index contributed by atoms with van der Waals surface area (Å²) in [5.74, 6) is 2.51. The Kier molecular flexibility index (Phi) is 4.53. The fourth-order valence-electron chi connectivity index (χ4n) is 1.31. The molecule has 0 aliphatic carbocycles. The van der Waals surface area contributed by atoms with Crippen LogP contribution in [0.15, 0.2) is 18.2 Å². The molecule has 0 saturated carbocycles. The summed E-state index contributed by atoms with van der Waals surface area (Å²) in [7, 11) is 0. The molecule has 0 aliphatic heterocycles. The van der Waals surface area contributed by atoms with Crippen molar-refractivity contribution in [3.63, 3.8) is 0 Å². The van der Waals surface area contributed by atoms with Crippen molar-refractivity contribution in [2.24, 2.45) is 0 Å². The summed E-state index contributed by atoms with van der Waals surface area (Å²) in [6.45, 7) is 0.646. The minimum atomic E-state index is -0.564. The number of terminal acetylenes is 1. The molecular weight excluding hydrogens is 218 g/mol. The van der Waals surface area contributed by atoms with Gasteiger partial charge < -0.3 is 5.32 Å². The fraction of sp³-hybridized carbons (Fsp3) is 0.250. The van der Waals surface area contributed by atoms with Crippen molar-refractivity contribution in [3.8, 4) is 18.4 Å². The molecule has 1 rings (SSSR count). The summed E-state index contributed by atoms with van der Waals surface area (Å²) in [6.07, 6.45) is 6.56. The van der Waals surface area contributed by atoms with Gasteiger partial charge in [0.15, 0.2) is 0 Å². The lowest BCUT2D eigenvalue weighted by Gasteiger charge is -2.05. The predicted octanol–water partition coefficient (Wildman–Crippen LogP) is 2.29. The van der Waals surface area contributed by atoms with Crippen molar-refractivity contribution >= 4 is 11.4 Å². The Labute approximate surface area is 99.2 Å². The topological polar surface area (TPSA) is 79.0 Å². The number of nitro groups is 1. The van der Waals surface area contributed by atoms with Crippen molar-refractivity contribution in [2.45, 2.75) is 12.8 Å². The molecule has 0 amide bonds. The smallest absolute Gasteiger partial charge is 0.289 e. The summed E-state index contributed by atoms with van der Waals surface area (Å²) in [6, 6.07) is 6.21. The van der Waals surface area contributed by atoms with E-state index in [1.54, 1.807) is 12.1 Å². The number of nitriles is 1. The normalized spacial score (nSPS) is 9.06. The summed E-state index contributed by atoms with van der Waals surface area (Å²) in [5.41, 5.74) is 0.492. The van der Waals surface area contributed by atoms with Gasteiger partial charge in [-0.3, -0.25) is 10.1 Å². The Morgan fingerprint density at radius 1 is 1.53 bits per heavy atom. The van der Waals surface area contributed by atoms with E-state index in [0.29, 0.717) is 18.7 Å². The zero-order chi connectivity index (χ0) is 12.7. The third-order valence-corrected chi connectivity index (χ3v) is 2.14. The van der Waals surface area contributed by atoms with Gasteiger partial charge in [0, 0.05) is 24.7 Å². The molecule has 17 heavy (non-hydrogen) atoms. The van der Waals surface area contributed by atoms with Crippen LogP contribution in [0.5, 0.6) is 0 Å². The largest absolute Gasteiger partial charge is 0.385 e. The molecule has 0 aromatic heterocycles. The molecule has 0 aliphatic rings. The van der Waals surface area contributed by atoms with Crippen LogP contribution in [0.4, 0.5) is 11.4 Å². The molecular formula is C12H11N3O2. The van der Waals surface area contributed by atoms with E-state index in [1.807, 2.05) is 0 Å². The van der Waals surface area contributed by atoms with E-state index in [4.69, 9.17) is 11.7 Å². The maximum atomic E-state index is 10.7. The monoisotopic (exact) mass is 229 g/mol. The summed E-state index contributed by atoms with van der Waals surface area (Å²) < 4.78 is 0. The van der Waals surface area contributed by atoms with Gasteiger partial charge in [0.25, 0.3) is 5.69 Å². The lowest BCUT2D eigenvalue weighted by Crippen LogP contribution is -2.02. The van der Waals surface area contributed by atoms with E-state index in [0.717, 1.165) is 6.42 Å². The van der Waals surface area contributed by atoms with Gasteiger partial charge in [-0.25, -0.2) is 0 Å². The highest BCUT2D eigenvalue weighted by atomic mass is 16.6. The van der Waals surface area contributed by atoms with E-state index in [2.05, 4.69) is 11.2 Å². The van der Waals surface area contributed by atoms with Gasteiger partial charge in [-0.05, 0) is 18.6 Å². The van der Waals surface area contributed by atoms with E-state index < -0.39 is 4.92 Å². The number of nitro benzene ring substituents is 1. The third kappa shape index (κ3) is 3.51. The van der Waals surface area contributed by atoms with Crippen molar-refractivity contribution < 1.29 is 4.92 Å². The molecule has 0 saturated heterocycles. The highest BCUT2D eigenvalue weighted by molar-refractivity contribution is 5.59. The first-order valence-electron chi connectivity index (χ1n) is 5.05. The van der Waals surface area contributed by atoms with Gasteiger partial charge in [0.1, 0.15) is 11.6 Å². The first-order chi connectivity index (χ1) is 8.19. The molecule has 1 aromatic carbocycles. The standard InChI is InChI=1S/C12H11N3O2/c1-2-3-4-7-14-11-6-5-10(9-13)12(8-11)15(16)17/h1,5-6,8,14H,3-4,7H2. The highest BCUT2D eigenvalue weighted by Crippen LogP contribution is 2.22. The molecule has 5 heteroatoms. The quantitative estimate of drug-likeness (QED) is 0.363. The van der Waals surface area contributed by atoms with Gasteiger partial charge in [-0.2, -0.15) is 5.26 Å². The van der Waals surface area contributed by atoms with E-state index in [-0.39, 0.29) is 11.3 Å². The van der Waals surface area contributed by atoms with Crippen LogP contribution >= 0.6 is 0 Å². The zero-order valence-electron chi connectivity index (χ0n) is 9.14. The van der Waals surface area contributed by atoms with Crippen molar-refractivity contribution in [1.82, 2.24) is 0 Å². The van der Waals surface area contributed by atoms with Crippen LogP contribution < -0.4 is 5.32 Å². The molecule has 0 heterocycles. The van der Waals surface area contributed by atoms with Crippen molar-refractivity contribution in [1.29, 1.82) is 5.26 Å². The predicted molar refractivity (Wildman–Crippen MR) is 64.4 cm³/mol. The first-order valence-corrected chi connectivity index (χ1v) is 5.05. The lowest BCUT2D eigenvalue weighted by atomic mass is 10.1. The summed E-state index contributed by atoms with van der Waals surface area (Å²) in [4.78, 5) is 10.1. The Morgan fingerprint density at radius 2 is 2.29 bits per heavy atom. The van der Waals surface area contributed by atoms with Crippen LogP contribution in [0.3, 0.4) is 0 Å². The van der Waals surface area contributed by atoms with Crippen LogP contribution in [-0.2, 0) is 0 Å². The van der Waals surface area contributed by atoms with Crippen LogP contribution in [-0.4, -0.2) is 11.5 Å². The number of hydrogen-bond donors (Lipinski definition) is 1. The molecule has 0 unspecified atom stereocenters. The number of unbranched alkanes of at least 4 members (excludes halogenated alkanes) is 1. The SMILES string of the molecule is C#CCCCNc1ccc(C#N)c([N+](=O)[O-])c1. The Balaban J connectivity index is 2.76. The molecule has 1 N–H and O–H groups in total. The first kappa shape index (κ1) is 12.5. The second-order valence-corrected chi connectivity index (χ2v) is 3.34. The average molecular weight is 229 g/mol. The van der Waals surface area contributed by atoms with Gasteiger partial charge in [0.05, 0.1) is 4.92 Å². The second kappa shape index (κ2) is 6.14. The average Bonchev–Trinajstić information content (AvgIpc) is 2.34. The number of benzene rings is 1. The number of anilines is 1. The van der Waals surface area contributed by atoms with Crippen LogP contribution in [0, 0.1) is 33.8 Å². The third-order valence-electron chi connectivity index (χ3n) is 2.14. The minimum absolute atomic E-state index is 0.0594. The molecule has 1 aromatic rings. The van der Waals surface area contributed by atoms with Crippen LogP contribution in [0.2, 0.25) is 0 Å². The molecule has 5 nitrogen and oxygen atoms in total. The molecule has 86 valence electrons. The van der Waals surface area contributed by atoms with E-state index in [1.165, 1.54) is 12.1 Å². The maximum absolute atomic E-state index is 10.7. The van der Waals surface area contributed by atoms with Crippen LogP contribution in [0.1, 0.15) is 18.4 Å². The zero-order valence-corrected chi connectivity index (χ0v) is 9.14. The van der Waals surface area contributed by atoms with Crippen LogP contribution in [0.25, 0.3) is 0 Å². The Morgan fingerprint density at radius 3 is 2.88 bits per heavy atom. The summed E-state index contributed by atoms with van der Waals surface area (Å²) >= 11 is 0. The molecule has 0 fully saturated rings. The van der Waals surface area contributed by atoms with Gasteiger partial charge in [-0.1, -0.05) is 0 Å². The lowest BCUT2D eigenvalue weighted by molar-refractivity contribution is -0.385. The number of hydrogen-bond acceptors (Lipinski definition) is 4. The summed E-state index contributed by atoms with van der Waals surface area (Å²) in [5, 5.41) is 22.4. The van der Waals surface area contributed by atoms with E-state index >= 15 is 0 Å². The number of nitrogens with zero attached hydrogens (tertiary/aromatic N) is 2. The van der Waals surface area contributed by atoms with Gasteiger partial charge in [-0.15, -0.1) is 12.3 Å². The fourth-order valence-corrected chi connectivity index (χ4v) is 1.31. The van der Waals surface area contributed by atoms with Gasteiger partial charge in [0.2, 0.25) is 0 Å². The van der Waals surface area contributed by atoms with Gasteiger partial charge >= 0.3 is 0 Å².